The summed E-state index contributed by atoms with van der Waals surface area (Å²) in [7, 11) is -4.61. The summed E-state index contributed by atoms with van der Waals surface area (Å²) in [6.07, 6.45) is 9.21. The number of nitro groups is 1. The summed E-state index contributed by atoms with van der Waals surface area (Å²) in [4.78, 5) is 47.3. The van der Waals surface area contributed by atoms with Crippen molar-refractivity contribution >= 4 is 77.9 Å². The summed E-state index contributed by atoms with van der Waals surface area (Å²) in [6.45, 7) is 8.49. The average molecular weight is 890 g/mol. The maximum absolute atomic E-state index is 14.3. The number of aromatic nitrogens is 4. The van der Waals surface area contributed by atoms with E-state index in [0.29, 0.717) is 40.7 Å². The van der Waals surface area contributed by atoms with E-state index in [2.05, 4.69) is 41.6 Å². The van der Waals surface area contributed by atoms with Crippen molar-refractivity contribution < 1.29 is 22.9 Å². The Morgan fingerprint density at radius 2 is 1.78 bits per heavy atom. The Labute approximate surface area is 369 Å². The van der Waals surface area contributed by atoms with Crippen molar-refractivity contribution in [1.29, 1.82) is 0 Å². The van der Waals surface area contributed by atoms with Crippen molar-refractivity contribution in [2.24, 2.45) is 5.41 Å². The third-order valence-corrected chi connectivity index (χ3v) is 14.9. The zero-order valence-corrected chi connectivity index (χ0v) is 36.7. The molecule has 0 bridgehead atoms. The normalized spacial score (nSPS) is 17.9. The summed E-state index contributed by atoms with van der Waals surface area (Å²) in [5.74, 6) is -0.125. The Bertz CT molecular complexity index is 2930. The van der Waals surface area contributed by atoms with Crippen LogP contribution in [0.15, 0.2) is 83.4 Å². The molecule has 63 heavy (non-hydrogen) atoms. The van der Waals surface area contributed by atoms with Gasteiger partial charge < -0.3 is 24.5 Å². The fraction of sp³-hybridized carbons (Fsp3) is 0.370. The number of aromatic amines is 2. The third-order valence-electron chi connectivity index (χ3n) is 13.4. The lowest BCUT2D eigenvalue weighted by molar-refractivity contribution is -0.383. The number of rotatable bonds is 10. The predicted octanol–water partition coefficient (Wildman–Crippen LogP) is 8.70. The number of sulfonamides is 1. The molecule has 3 aromatic carbocycles. The van der Waals surface area contributed by atoms with Gasteiger partial charge in [-0.25, -0.2) is 18.1 Å². The molecule has 0 atom stereocenters. The molecule has 1 spiro atoms. The van der Waals surface area contributed by atoms with Crippen LogP contribution in [0.5, 0.6) is 5.88 Å². The predicted molar refractivity (Wildman–Crippen MR) is 244 cm³/mol. The lowest BCUT2D eigenvalue weighted by atomic mass is 9.59. The summed E-state index contributed by atoms with van der Waals surface area (Å²) < 4.78 is 36.2. The van der Waals surface area contributed by atoms with Crippen molar-refractivity contribution in [2.75, 3.05) is 55.7 Å². The van der Waals surface area contributed by atoms with Crippen LogP contribution in [0.3, 0.4) is 0 Å². The Morgan fingerprint density at radius 1 is 0.984 bits per heavy atom. The number of hydrogen-bond acceptors (Lipinski definition) is 11. The minimum Gasteiger partial charge on any atom is -0.474 e. The van der Waals surface area contributed by atoms with Gasteiger partial charge >= 0.3 is 0 Å². The van der Waals surface area contributed by atoms with Gasteiger partial charge in [0.2, 0.25) is 5.88 Å². The molecule has 2 fully saturated rings. The van der Waals surface area contributed by atoms with Crippen molar-refractivity contribution in [1.82, 2.24) is 29.6 Å². The zero-order valence-electron chi connectivity index (χ0n) is 35.1. The van der Waals surface area contributed by atoms with E-state index in [1.54, 1.807) is 12.3 Å². The fourth-order valence-corrected chi connectivity index (χ4v) is 10.8. The van der Waals surface area contributed by atoms with E-state index in [1.165, 1.54) is 48.5 Å². The molecular weight excluding hydrogens is 842 g/mol. The maximum Gasteiger partial charge on any atom is 0.298 e. The van der Waals surface area contributed by atoms with E-state index < -0.39 is 31.4 Å². The van der Waals surface area contributed by atoms with Gasteiger partial charge in [-0.1, -0.05) is 49.6 Å². The van der Waals surface area contributed by atoms with Crippen LogP contribution in [-0.2, 0) is 10.0 Å². The number of piperazine rings is 1. The van der Waals surface area contributed by atoms with Gasteiger partial charge in [0.05, 0.1) is 33.1 Å². The van der Waals surface area contributed by atoms with E-state index in [-0.39, 0.29) is 29.1 Å². The van der Waals surface area contributed by atoms with Crippen LogP contribution in [0.1, 0.15) is 80.0 Å². The first kappa shape index (κ1) is 41.1. The monoisotopic (exact) mass is 889 g/mol. The Hall–Kier alpha value is -5.97. The number of ether oxygens (including phenoxy) is 1. The van der Waals surface area contributed by atoms with Crippen LogP contribution in [0, 0.1) is 15.5 Å². The van der Waals surface area contributed by atoms with Crippen LogP contribution in [-0.4, -0.2) is 90.0 Å². The van der Waals surface area contributed by atoms with Crippen LogP contribution < -0.4 is 19.3 Å². The molecule has 10 rings (SSSR count). The number of H-pyrrole nitrogens is 2. The maximum atomic E-state index is 14.3. The smallest absolute Gasteiger partial charge is 0.298 e. The minimum absolute atomic E-state index is 0.0411. The number of carbonyl (C=O) groups is 1. The lowest BCUT2D eigenvalue weighted by Crippen LogP contribution is -2.47. The van der Waals surface area contributed by atoms with Crippen LogP contribution in [0.4, 0.5) is 22.7 Å². The number of benzene rings is 3. The van der Waals surface area contributed by atoms with Gasteiger partial charge in [0.25, 0.3) is 21.6 Å². The standard InChI is InChI=1S/C46H48ClN9O6S/c1-28(2)42-49-37-24-34(25-39(56(58)59)41(37)50-42)63(60,61)52-44(57)35-9-8-33(23-38(35)55-20-21-62-45-40(55)22-30-11-15-48-43(30)51-45)54-18-16-53(17-19-54)27-31-10-14-46(12-3-13-46)26-36(31)29-4-6-32(47)7-5-29/h4-9,11,15,22-25,28H,3,10,12-14,16-21,26-27H2,1-2H3,(H,48,51)(H,49,50)(H,52,57). The number of halogens is 1. The number of nitro benzene ring substituents is 1. The number of anilines is 3. The van der Waals surface area contributed by atoms with Crippen LogP contribution in [0.2, 0.25) is 5.02 Å². The molecule has 1 amide bonds. The van der Waals surface area contributed by atoms with Crippen molar-refractivity contribution in [3.8, 4) is 5.88 Å². The van der Waals surface area contributed by atoms with E-state index in [1.807, 2.05) is 55.1 Å². The average Bonchev–Trinajstić information content (AvgIpc) is 3.92. The highest BCUT2D eigenvalue weighted by molar-refractivity contribution is 7.90. The van der Waals surface area contributed by atoms with E-state index >= 15 is 0 Å². The van der Waals surface area contributed by atoms with Crippen molar-refractivity contribution in [2.45, 2.75) is 63.2 Å². The quantitative estimate of drug-likeness (QED) is 0.0884. The van der Waals surface area contributed by atoms with Gasteiger partial charge in [-0.05, 0) is 97.2 Å². The molecule has 6 aromatic rings. The molecule has 1 saturated heterocycles. The van der Waals surface area contributed by atoms with Gasteiger partial charge in [0, 0.05) is 67.0 Å². The molecule has 17 heteroatoms. The first-order valence-corrected chi connectivity index (χ1v) is 23.4. The third kappa shape index (κ3) is 7.78. The van der Waals surface area contributed by atoms with E-state index in [0.717, 1.165) is 67.7 Å². The molecule has 0 unspecified atom stereocenters. The number of nitrogens with one attached hydrogen (secondary N) is 3. The number of fused-ring (bicyclic) bond motifs is 3. The van der Waals surface area contributed by atoms with Gasteiger partial charge in [0.1, 0.15) is 23.8 Å². The second-order valence-corrected chi connectivity index (χ2v) is 19.7. The van der Waals surface area contributed by atoms with Gasteiger partial charge in [-0.3, -0.25) is 19.8 Å². The molecule has 3 N–H and O–H groups in total. The summed E-state index contributed by atoms with van der Waals surface area (Å²) in [5.41, 5.74) is 7.22. The number of amides is 1. The fourth-order valence-electron chi connectivity index (χ4n) is 9.71. The zero-order chi connectivity index (χ0) is 43.6. The molecule has 326 valence electrons. The number of hydrogen-bond donors (Lipinski definition) is 3. The minimum atomic E-state index is -4.61. The van der Waals surface area contributed by atoms with Gasteiger partial charge in [-0.2, -0.15) is 4.98 Å². The summed E-state index contributed by atoms with van der Waals surface area (Å²) >= 11 is 6.30. The van der Waals surface area contributed by atoms with Gasteiger partial charge in [-0.15, -0.1) is 0 Å². The van der Waals surface area contributed by atoms with Crippen molar-refractivity contribution in [3.63, 3.8) is 0 Å². The van der Waals surface area contributed by atoms with E-state index in [4.69, 9.17) is 21.3 Å². The van der Waals surface area contributed by atoms with Crippen molar-refractivity contribution in [3.05, 3.63) is 111 Å². The second-order valence-electron chi connectivity index (χ2n) is 17.6. The number of nitrogens with zero attached hydrogens (tertiary/aromatic N) is 6. The SMILES string of the molecule is CC(C)c1nc2c([N+](=O)[O-])cc(S(=O)(=O)NC(=O)c3ccc(N4CCN(CC5=C(c6ccc(Cl)cc6)CC6(CCC6)CC5)CC4)cc3N3CCOc4nc5[nH]ccc5cc43)cc2[nH]1. The van der Waals surface area contributed by atoms with Gasteiger partial charge in [0.15, 0.2) is 5.52 Å². The molecular formula is C46H48ClN9O6S. The Balaban J connectivity index is 0.944. The number of allylic oxidation sites excluding steroid dienone is 1. The highest BCUT2D eigenvalue weighted by atomic mass is 35.5. The number of non-ortho nitro benzene ring substituents is 1. The second kappa shape index (κ2) is 16.0. The number of carbonyl (C=O) groups excluding carboxylic acids is 1. The molecule has 5 heterocycles. The topological polar surface area (TPSA) is 183 Å². The Kier molecular flexibility index (Phi) is 10.4. The molecule has 3 aromatic heterocycles. The highest BCUT2D eigenvalue weighted by Crippen LogP contribution is 2.55. The lowest BCUT2D eigenvalue weighted by Gasteiger charge is -2.47. The first-order chi connectivity index (χ1) is 30.3. The first-order valence-electron chi connectivity index (χ1n) is 21.5. The number of imidazole rings is 1. The molecule has 4 aliphatic rings. The largest absolute Gasteiger partial charge is 0.474 e. The molecule has 15 nitrogen and oxygen atoms in total. The molecule has 2 aliphatic heterocycles. The molecule has 0 radical (unpaired) electrons. The Morgan fingerprint density at radius 3 is 2.51 bits per heavy atom. The van der Waals surface area contributed by atoms with E-state index in [9.17, 15) is 23.3 Å². The van der Waals surface area contributed by atoms with Crippen LogP contribution >= 0.6 is 11.6 Å². The molecule has 1 saturated carbocycles. The molecule has 2 aliphatic carbocycles. The summed E-state index contributed by atoms with van der Waals surface area (Å²) in [6, 6.07) is 19.8. The van der Waals surface area contributed by atoms with Crippen LogP contribution in [0.25, 0.3) is 27.6 Å². The number of pyridine rings is 1. The summed E-state index contributed by atoms with van der Waals surface area (Å²) in [5, 5.41) is 13.7. The highest BCUT2D eigenvalue weighted by Gasteiger charge is 2.41.